The molecule has 0 bridgehead atoms. The van der Waals surface area contributed by atoms with Gasteiger partial charge in [-0.1, -0.05) is 62.0 Å². The minimum absolute atomic E-state index is 0.180. The lowest BCUT2D eigenvalue weighted by atomic mass is 10.1. The van der Waals surface area contributed by atoms with Crippen LogP contribution < -0.4 is 62.0 Å². The minimum Gasteiger partial charge on any atom is -0.458 e. The molecule has 536 valence electrons. The highest BCUT2D eigenvalue weighted by Gasteiger charge is 2.53. The number of carbonyl (C=O) groups excluding carboxylic acids is 5. The molecule has 35 nitrogen and oxygen atoms in total. The summed E-state index contributed by atoms with van der Waals surface area (Å²) in [7, 11) is 0. The van der Waals surface area contributed by atoms with Gasteiger partial charge in [0.1, 0.15) is 54.4 Å². The third kappa shape index (κ3) is 21.0. The van der Waals surface area contributed by atoms with Crippen molar-refractivity contribution in [1.29, 1.82) is 0 Å². The fourth-order valence-corrected chi connectivity index (χ4v) is 8.50. The predicted octanol–water partition coefficient (Wildman–Crippen LogP) is -3.27. The summed E-state index contributed by atoms with van der Waals surface area (Å²) in [4.78, 5) is 134. The maximum absolute atomic E-state index is 15.3. The number of aromatic nitrogens is 6. The number of esters is 4. The molecule has 16 N–H and O–H groups in total. The maximum Gasteiger partial charge on any atom is 0.330 e. The largest absolute Gasteiger partial charge is 0.458 e. The van der Waals surface area contributed by atoms with Gasteiger partial charge in [-0.15, -0.1) is 0 Å². The number of halogens is 4. The number of H-pyrrole nitrogens is 3. The van der Waals surface area contributed by atoms with Crippen LogP contribution in [0.4, 0.5) is 17.6 Å². The number of aromatic amines is 3. The standard InChI is InChI=1S/C15H22FN3O5.3C14H20FN3O6/c1-8(2)12(17)14(22)23-7-15(16)6-10(20)13(24-15)19-5-4-11(21)18-9(19)3;3*1-7(2)10(16)12(21)23-6-14(15)5-8(19)11(24-14)18-4-3-9(20)17-13(18)22/h4-5,8,10,12-13,20H,3,6-7,17H2,1-2H3,(H,18,21);3*3-4,7-8,10-11,19H,5-6,16H2,1-2H3,(H,17,20,22)/t10-,12+,13-,15+;3*8-,10+,11-,14+/m1111/s1/i7D2,13D;11D;6D2;. The molecule has 0 aliphatic carbocycles. The number of hydrogen-bond donors (Lipinski definition) is 12. The zero-order valence-corrected chi connectivity index (χ0v) is 52.8. The lowest BCUT2D eigenvalue weighted by Gasteiger charge is -2.32. The molecular formula is C57H82F4N12O23. The van der Waals surface area contributed by atoms with Crippen molar-refractivity contribution in [3.8, 4) is 0 Å². The van der Waals surface area contributed by atoms with E-state index in [-0.39, 0.29) is 29.5 Å². The Morgan fingerprint density at radius 1 is 0.542 bits per heavy atom. The number of rotatable bonds is 20. The SMILES string of the molecule is CC(C)[C@H](N)C(=O)OC[C@]1(F)C[C@@H](O)[C@H](n2ccc(=O)[nH]c2=O)O1.[2H]C([2H])(OC(=O)[C@@H](N)C(C)C)[C@]1(F)C[C@@H](O)[C@H](n2ccc(=O)[nH]c2=O)O1.[2H]C([2H])(OC(=O)[C@@H](N)C(C)C)[C@]1(F)C[C@@H](O)[C@]([2H])(N2C=CC(=O)NC2=C)O1.[2H][C@@]1(n2ccc(=O)[nH]c2=O)O[C@](F)(COC(=O)[C@@H](N)C(C)C)C[C@H]1O. The molecular weight excluding hydrogens is 1300 g/mol. The first kappa shape index (κ1) is 69.3. The average molecular weight is 1390 g/mol. The summed E-state index contributed by atoms with van der Waals surface area (Å²) >= 11 is 0. The Kier molecular flexibility index (Phi) is 23.6. The molecule has 4 fully saturated rings. The highest BCUT2D eigenvalue weighted by molar-refractivity contribution is 5.89. The van der Waals surface area contributed by atoms with E-state index in [1.807, 2.05) is 15.0 Å². The first-order valence-corrected chi connectivity index (χ1v) is 29.2. The van der Waals surface area contributed by atoms with Gasteiger partial charge in [0, 0.05) is 74.7 Å². The Morgan fingerprint density at radius 2 is 0.854 bits per heavy atom. The maximum atomic E-state index is 15.3. The number of hydrogen-bond acceptors (Lipinski definition) is 28. The van der Waals surface area contributed by atoms with Gasteiger partial charge in [-0.3, -0.25) is 67.0 Å². The zero-order chi connectivity index (χ0) is 77.7. The van der Waals surface area contributed by atoms with E-state index in [4.69, 9.17) is 59.6 Å². The molecule has 1 amide bonds. The van der Waals surface area contributed by atoms with Gasteiger partial charge in [-0.25, -0.2) is 31.9 Å². The van der Waals surface area contributed by atoms with Crippen LogP contribution in [-0.4, -0.2) is 188 Å². The number of aliphatic hydroxyl groups is 4. The monoisotopic (exact) mass is 1380 g/mol. The molecule has 4 saturated heterocycles. The predicted molar refractivity (Wildman–Crippen MR) is 320 cm³/mol. The highest BCUT2D eigenvalue weighted by atomic mass is 19.2. The molecule has 3 aromatic heterocycles. The fraction of sp³-hybridized carbons (Fsp3) is 0.632. The molecule has 0 unspecified atom stereocenters. The van der Waals surface area contributed by atoms with E-state index in [1.165, 1.54) is 0 Å². The van der Waals surface area contributed by atoms with E-state index in [0.717, 1.165) is 58.5 Å². The number of amides is 1. The van der Waals surface area contributed by atoms with E-state index < -0.39 is 212 Å². The number of nitrogens with two attached hydrogens (primary N) is 4. The Balaban J connectivity index is 0.000000245. The third-order valence-corrected chi connectivity index (χ3v) is 14.3. The van der Waals surface area contributed by atoms with Crippen molar-refractivity contribution in [1.82, 2.24) is 38.9 Å². The van der Waals surface area contributed by atoms with Crippen LogP contribution in [-0.2, 0) is 61.9 Å². The van der Waals surface area contributed by atoms with Crippen molar-refractivity contribution in [3.05, 3.63) is 124 Å². The molecule has 5 aliphatic heterocycles. The van der Waals surface area contributed by atoms with Crippen LogP contribution in [0.3, 0.4) is 0 Å². The second-order valence-electron chi connectivity index (χ2n) is 23.6. The van der Waals surface area contributed by atoms with Crippen LogP contribution in [0.5, 0.6) is 0 Å². The Bertz CT molecular complexity index is 3960. The van der Waals surface area contributed by atoms with Gasteiger partial charge in [-0.05, 0) is 23.7 Å². The Morgan fingerprint density at radius 3 is 1.24 bits per heavy atom. The van der Waals surface area contributed by atoms with Crippen molar-refractivity contribution in [2.45, 2.75) is 178 Å². The van der Waals surface area contributed by atoms with Crippen molar-refractivity contribution in [2.75, 3.05) is 26.3 Å². The van der Waals surface area contributed by atoms with Crippen LogP contribution in [0, 0.1) is 23.7 Å². The molecule has 0 spiro atoms. The molecule has 0 aromatic carbocycles. The molecule has 16 atom stereocenters. The van der Waals surface area contributed by atoms with Crippen LogP contribution in [0.2, 0.25) is 0 Å². The van der Waals surface area contributed by atoms with Crippen LogP contribution in [0.15, 0.2) is 90.2 Å². The molecule has 0 radical (unpaired) electrons. The van der Waals surface area contributed by atoms with Crippen LogP contribution >= 0.6 is 0 Å². The van der Waals surface area contributed by atoms with Crippen molar-refractivity contribution < 1.29 is 108 Å². The molecule has 5 aliphatic rings. The number of ether oxygens (including phenoxy) is 8. The normalized spacial score (nSPS) is 31.6. The van der Waals surface area contributed by atoms with E-state index in [1.54, 1.807) is 55.4 Å². The van der Waals surface area contributed by atoms with Gasteiger partial charge in [0.2, 0.25) is 23.4 Å². The lowest BCUT2D eigenvalue weighted by molar-refractivity contribution is -0.199. The summed E-state index contributed by atoms with van der Waals surface area (Å²) in [5.41, 5.74) is 17.4. The second kappa shape index (κ2) is 32.8. The quantitative estimate of drug-likeness (QED) is 0.0300. The summed E-state index contributed by atoms with van der Waals surface area (Å²) in [5, 5.41) is 42.4. The van der Waals surface area contributed by atoms with E-state index in [9.17, 15) is 81.9 Å². The average Bonchev–Trinajstić information content (AvgIpc) is 1.58. The van der Waals surface area contributed by atoms with E-state index >= 15 is 8.78 Å². The first-order valence-electron chi connectivity index (χ1n) is 32.2. The first-order chi connectivity index (χ1) is 46.7. The minimum atomic E-state index is -3.35. The Hall–Kier alpha value is -8.09. The van der Waals surface area contributed by atoms with E-state index in [2.05, 4.69) is 21.4 Å². The number of nitrogens with one attached hydrogen (secondary N) is 4. The van der Waals surface area contributed by atoms with Gasteiger partial charge in [0.05, 0.1) is 8.22 Å². The second-order valence-corrected chi connectivity index (χ2v) is 23.6. The number of nitrogens with zero attached hydrogens (tertiary/aromatic N) is 4. The summed E-state index contributed by atoms with van der Waals surface area (Å²) in [6.07, 6.45) is -12.8. The van der Waals surface area contributed by atoms with Gasteiger partial charge < -0.3 is 91.5 Å². The van der Waals surface area contributed by atoms with Crippen molar-refractivity contribution >= 4 is 29.8 Å². The zero-order valence-electron chi connectivity index (χ0n) is 58.8. The van der Waals surface area contributed by atoms with Gasteiger partial charge in [-0.2, -0.15) is 0 Å². The molecule has 39 heteroatoms. The molecule has 8 heterocycles. The van der Waals surface area contributed by atoms with Crippen LogP contribution in [0.1, 0.15) is 108 Å². The molecule has 0 saturated carbocycles. The smallest absolute Gasteiger partial charge is 0.330 e. The van der Waals surface area contributed by atoms with Crippen LogP contribution in [0.25, 0.3) is 0 Å². The van der Waals surface area contributed by atoms with Gasteiger partial charge in [0.15, 0.2) is 51.2 Å². The summed E-state index contributed by atoms with van der Waals surface area (Å²) in [6.45, 7) is 8.38. The molecule has 8 rings (SSSR count). The van der Waals surface area contributed by atoms with Gasteiger partial charge in [0.25, 0.3) is 22.6 Å². The molecule has 96 heavy (non-hydrogen) atoms. The summed E-state index contributed by atoms with van der Waals surface area (Å²) in [5.74, 6) is -17.7. The molecule has 3 aromatic rings. The summed E-state index contributed by atoms with van der Waals surface area (Å²) in [6, 6.07) is -1.33. The third-order valence-electron chi connectivity index (χ3n) is 14.3. The number of alkyl halides is 4. The van der Waals surface area contributed by atoms with Crippen molar-refractivity contribution in [3.63, 3.8) is 0 Å². The highest BCUT2D eigenvalue weighted by Crippen LogP contribution is 2.41. The van der Waals surface area contributed by atoms with Crippen molar-refractivity contribution in [2.24, 2.45) is 46.6 Å². The fourth-order valence-electron chi connectivity index (χ4n) is 8.50. The number of carbonyl (C=O) groups is 5. The lowest BCUT2D eigenvalue weighted by Crippen LogP contribution is -2.45. The summed E-state index contributed by atoms with van der Waals surface area (Å²) < 4.78 is 148. The number of aliphatic hydroxyl groups excluding tert-OH is 4. The van der Waals surface area contributed by atoms with Gasteiger partial charge >= 0.3 is 40.9 Å². The Labute approximate surface area is 550 Å². The topological polar surface area (TPSA) is 524 Å². The van der Waals surface area contributed by atoms with E-state index in [0.29, 0.717) is 9.13 Å².